The standard InChI is InChI=1S/C26H32N2O5/c1-5-27(6-2)14-15-28-23(19-8-7-9-20(29)16-19)22(25(31)26(28)32)24(30)18-10-12-21(13-11-18)33-17(3)4/h7-13,16-17,23,29-30H,5-6,14-15H2,1-4H3/b24-22-. The van der Waals surface area contributed by atoms with Crippen molar-refractivity contribution in [1.82, 2.24) is 9.80 Å². The van der Waals surface area contributed by atoms with Gasteiger partial charge in [-0.1, -0.05) is 26.0 Å². The second-order valence-corrected chi connectivity index (χ2v) is 8.31. The number of aromatic hydroxyl groups is 1. The Kier molecular flexibility index (Phi) is 7.76. The number of aliphatic hydroxyl groups is 1. The van der Waals surface area contributed by atoms with Crippen LogP contribution in [0.1, 0.15) is 44.9 Å². The third-order valence-corrected chi connectivity index (χ3v) is 5.78. The molecule has 7 heteroatoms. The first kappa shape index (κ1) is 24.3. The molecule has 0 aliphatic carbocycles. The molecule has 7 nitrogen and oxygen atoms in total. The van der Waals surface area contributed by atoms with Crippen LogP contribution in [0.4, 0.5) is 0 Å². The third-order valence-electron chi connectivity index (χ3n) is 5.78. The summed E-state index contributed by atoms with van der Waals surface area (Å²) in [4.78, 5) is 29.7. The van der Waals surface area contributed by atoms with Gasteiger partial charge in [-0.3, -0.25) is 9.59 Å². The van der Waals surface area contributed by atoms with Gasteiger partial charge in [0.25, 0.3) is 11.7 Å². The zero-order valence-corrected chi connectivity index (χ0v) is 19.6. The lowest BCUT2D eigenvalue weighted by Gasteiger charge is -2.28. The molecule has 1 heterocycles. The van der Waals surface area contributed by atoms with Crippen LogP contribution < -0.4 is 4.74 Å². The number of ether oxygens (including phenoxy) is 1. The Morgan fingerprint density at radius 2 is 1.76 bits per heavy atom. The molecular formula is C26H32N2O5. The Morgan fingerprint density at radius 3 is 2.33 bits per heavy atom. The topological polar surface area (TPSA) is 90.3 Å². The highest BCUT2D eigenvalue weighted by Crippen LogP contribution is 2.40. The van der Waals surface area contributed by atoms with Crippen LogP contribution in [-0.4, -0.2) is 64.0 Å². The van der Waals surface area contributed by atoms with Gasteiger partial charge in [-0.2, -0.15) is 0 Å². The number of benzene rings is 2. The highest BCUT2D eigenvalue weighted by atomic mass is 16.5. The molecule has 176 valence electrons. The van der Waals surface area contributed by atoms with Crippen LogP contribution in [0.3, 0.4) is 0 Å². The normalized spacial score (nSPS) is 17.9. The Hall–Kier alpha value is -3.32. The van der Waals surface area contributed by atoms with Crippen LogP contribution in [0, 0.1) is 0 Å². The number of phenolic OH excluding ortho intramolecular Hbond substituents is 1. The quantitative estimate of drug-likeness (QED) is 0.340. The molecule has 1 saturated heterocycles. The average molecular weight is 453 g/mol. The van der Waals surface area contributed by atoms with Crippen molar-refractivity contribution < 1.29 is 24.5 Å². The number of phenols is 1. The lowest BCUT2D eigenvalue weighted by molar-refractivity contribution is -0.140. The fourth-order valence-electron chi connectivity index (χ4n) is 4.06. The number of carbonyl (C=O) groups is 2. The predicted molar refractivity (Wildman–Crippen MR) is 127 cm³/mol. The van der Waals surface area contributed by atoms with E-state index in [1.54, 1.807) is 36.4 Å². The lowest BCUT2D eigenvalue weighted by atomic mass is 9.95. The zero-order valence-electron chi connectivity index (χ0n) is 19.6. The summed E-state index contributed by atoms with van der Waals surface area (Å²) in [6.07, 6.45) is 0.00587. The number of hydrogen-bond donors (Lipinski definition) is 2. The van der Waals surface area contributed by atoms with Crippen LogP contribution in [0.5, 0.6) is 11.5 Å². The first-order chi connectivity index (χ1) is 15.8. The van der Waals surface area contributed by atoms with Gasteiger partial charge in [0.1, 0.15) is 17.3 Å². The third kappa shape index (κ3) is 5.37. The van der Waals surface area contributed by atoms with Crippen molar-refractivity contribution in [2.45, 2.75) is 39.8 Å². The molecule has 1 unspecified atom stereocenters. The molecule has 1 atom stereocenters. The molecule has 1 amide bonds. The minimum absolute atomic E-state index is 0.00587. The van der Waals surface area contributed by atoms with Gasteiger partial charge < -0.3 is 24.7 Å². The van der Waals surface area contributed by atoms with Crippen molar-refractivity contribution in [2.24, 2.45) is 0 Å². The van der Waals surface area contributed by atoms with Crippen LogP contribution in [0.15, 0.2) is 54.1 Å². The molecule has 3 rings (SSSR count). The summed E-state index contributed by atoms with van der Waals surface area (Å²) in [5, 5.41) is 21.2. The maximum atomic E-state index is 13.1. The first-order valence-corrected chi connectivity index (χ1v) is 11.3. The number of Topliss-reactive ketones (excluding diaryl/α,β-unsaturated/α-hetero) is 1. The molecule has 1 aliphatic rings. The van der Waals surface area contributed by atoms with Gasteiger partial charge >= 0.3 is 0 Å². The Bertz CT molecular complexity index is 1030. The van der Waals surface area contributed by atoms with Crippen molar-refractivity contribution in [1.29, 1.82) is 0 Å². The second-order valence-electron chi connectivity index (χ2n) is 8.31. The molecule has 0 radical (unpaired) electrons. The molecule has 1 fully saturated rings. The van der Waals surface area contributed by atoms with E-state index in [1.165, 1.54) is 17.0 Å². The highest BCUT2D eigenvalue weighted by molar-refractivity contribution is 6.46. The summed E-state index contributed by atoms with van der Waals surface area (Å²) >= 11 is 0. The van der Waals surface area contributed by atoms with Crippen LogP contribution in [0.2, 0.25) is 0 Å². The number of ketones is 1. The number of aliphatic hydroxyl groups excluding tert-OH is 1. The van der Waals surface area contributed by atoms with Gasteiger partial charge in [-0.15, -0.1) is 0 Å². The monoisotopic (exact) mass is 452 g/mol. The van der Waals surface area contributed by atoms with Crippen LogP contribution in [0.25, 0.3) is 5.76 Å². The summed E-state index contributed by atoms with van der Waals surface area (Å²) < 4.78 is 5.65. The molecule has 2 aromatic carbocycles. The van der Waals surface area contributed by atoms with Crippen molar-refractivity contribution in [3.8, 4) is 11.5 Å². The molecule has 0 saturated carbocycles. The molecular weight excluding hydrogens is 420 g/mol. The maximum Gasteiger partial charge on any atom is 0.295 e. The maximum absolute atomic E-state index is 13.1. The van der Waals surface area contributed by atoms with Crippen LogP contribution >= 0.6 is 0 Å². The van der Waals surface area contributed by atoms with Crippen molar-refractivity contribution in [3.05, 3.63) is 65.2 Å². The summed E-state index contributed by atoms with van der Waals surface area (Å²) in [6.45, 7) is 10.5. The molecule has 2 N–H and O–H groups in total. The number of carbonyl (C=O) groups excluding carboxylic acids is 2. The van der Waals surface area contributed by atoms with Gasteiger partial charge in [0.05, 0.1) is 17.7 Å². The molecule has 2 aromatic rings. The van der Waals surface area contributed by atoms with Gasteiger partial charge in [-0.05, 0) is 68.9 Å². The number of likely N-dealkylation sites (tertiary alicyclic amines) is 1. The summed E-state index contributed by atoms with van der Waals surface area (Å²) in [5.74, 6) is -0.967. The van der Waals surface area contributed by atoms with E-state index in [9.17, 15) is 19.8 Å². The van der Waals surface area contributed by atoms with E-state index in [-0.39, 0.29) is 23.2 Å². The predicted octanol–water partition coefficient (Wildman–Crippen LogP) is 3.94. The summed E-state index contributed by atoms with van der Waals surface area (Å²) in [7, 11) is 0. The second kappa shape index (κ2) is 10.5. The Morgan fingerprint density at radius 1 is 1.09 bits per heavy atom. The summed E-state index contributed by atoms with van der Waals surface area (Å²) in [6, 6.07) is 12.4. The van der Waals surface area contributed by atoms with Crippen molar-refractivity contribution >= 4 is 17.4 Å². The summed E-state index contributed by atoms with van der Waals surface area (Å²) in [5.41, 5.74) is 0.996. The van der Waals surface area contributed by atoms with Crippen molar-refractivity contribution in [2.75, 3.05) is 26.2 Å². The average Bonchev–Trinajstić information content (AvgIpc) is 3.04. The van der Waals surface area contributed by atoms with Gasteiger partial charge in [0.2, 0.25) is 0 Å². The fraction of sp³-hybridized carbons (Fsp3) is 0.385. The van der Waals surface area contributed by atoms with E-state index >= 15 is 0 Å². The minimum Gasteiger partial charge on any atom is -0.508 e. The van der Waals surface area contributed by atoms with Gasteiger partial charge in [0, 0.05) is 18.7 Å². The number of likely N-dealkylation sites (N-methyl/N-ethyl adjacent to an activating group) is 1. The number of amides is 1. The first-order valence-electron chi connectivity index (χ1n) is 11.3. The number of rotatable bonds is 9. The van der Waals surface area contributed by atoms with E-state index in [0.717, 1.165) is 13.1 Å². The Balaban J connectivity index is 2.05. The van der Waals surface area contributed by atoms with E-state index in [4.69, 9.17) is 4.74 Å². The number of nitrogens with zero attached hydrogens (tertiary/aromatic N) is 2. The zero-order chi connectivity index (χ0) is 24.1. The lowest BCUT2D eigenvalue weighted by Crippen LogP contribution is -2.38. The SMILES string of the molecule is CCN(CC)CCN1C(=O)C(=O)/C(=C(\O)c2ccc(OC(C)C)cc2)C1c1cccc(O)c1. The van der Waals surface area contributed by atoms with E-state index in [0.29, 0.717) is 30.0 Å². The minimum atomic E-state index is -0.792. The fourth-order valence-corrected chi connectivity index (χ4v) is 4.06. The molecule has 0 spiro atoms. The smallest absolute Gasteiger partial charge is 0.295 e. The van der Waals surface area contributed by atoms with Gasteiger partial charge in [0.15, 0.2) is 0 Å². The molecule has 33 heavy (non-hydrogen) atoms. The van der Waals surface area contributed by atoms with Crippen molar-refractivity contribution in [3.63, 3.8) is 0 Å². The Labute approximate surface area is 194 Å². The largest absolute Gasteiger partial charge is 0.508 e. The van der Waals surface area contributed by atoms with Crippen LogP contribution in [-0.2, 0) is 9.59 Å². The van der Waals surface area contributed by atoms with Gasteiger partial charge in [-0.25, -0.2) is 0 Å². The van der Waals surface area contributed by atoms with E-state index < -0.39 is 17.7 Å². The van der Waals surface area contributed by atoms with E-state index in [1.807, 2.05) is 27.7 Å². The van der Waals surface area contributed by atoms with E-state index in [2.05, 4.69) is 4.90 Å². The molecule has 0 aromatic heterocycles. The molecule has 1 aliphatic heterocycles. The molecule has 0 bridgehead atoms. The number of hydrogen-bond acceptors (Lipinski definition) is 6. The highest BCUT2D eigenvalue weighted by Gasteiger charge is 2.46.